The van der Waals surface area contributed by atoms with Crippen LogP contribution in [0, 0.1) is 0 Å². The van der Waals surface area contributed by atoms with Crippen LogP contribution in [0.5, 0.6) is 5.75 Å². The fourth-order valence-electron chi connectivity index (χ4n) is 1.50. The van der Waals surface area contributed by atoms with E-state index in [1.165, 1.54) is 5.56 Å². The third-order valence-corrected chi connectivity index (χ3v) is 2.15. The van der Waals surface area contributed by atoms with Crippen molar-refractivity contribution in [3.05, 3.63) is 23.8 Å². The van der Waals surface area contributed by atoms with Crippen LogP contribution in [0.25, 0.3) is 0 Å². The Morgan fingerprint density at radius 1 is 1.46 bits per heavy atom. The number of anilines is 1. The third kappa shape index (κ3) is 1.75. The van der Waals surface area contributed by atoms with E-state index in [9.17, 15) is 0 Å². The molecular formula is C10H14N2O. The molecule has 0 saturated carbocycles. The van der Waals surface area contributed by atoms with Gasteiger partial charge in [-0.25, -0.2) is 0 Å². The Morgan fingerprint density at radius 3 is 3.23 bits per heavy atom. The molecule has 13 heavy (non-hydrogen) atoms. The zero-order valence-electron chi connectivity index (χ0n) is 7.55. The minimum Gasteiger partial charge on any atom is -0.490 e. The summed E-state index contributed by atoms with van der Waals surface area (Å²) in [5.74, 6) is 0.956. The molecule has 1 aromatic rings. The number of fused-ring (bicyclic) bond motifs is 1. The molecule has 0 aliphatic carbocycles. The molecule has 1 aromatic carbocycles. The average Bonchev–Trinajstić information content (AvgIpc) is 2.18. The first-order valence-electron chi connectivity index (χ1n) is 4.60. The summed E-state index contributed by atoms with van der Waals surface area (Å²) in [6.07, 6.45) is 0.913. The Balaban J connectivity index is 2.24. The van der Waals surface area contributed by atoms with Gasteiger partial charge in [0.25, 0.3) is 0 Å². The van der Waals surface area contributed by atoms with Gasteiger partial charge in [-0.15, -0.1) is 0 Å². The van der Waals surface area contributed by atoms with Crippen LogP contribution < -0.4 is 15.8 Å². The molecule has 0 radical (unpaired) electrons. The molecule has 0 aromatic heterocycles. The van der Waals surface area contributed by atoms with E-state index in [1.807, 2.05) is 0 Å². The number of nitrogens with one attached hydrogen (secondary N) is 1. The number of ether oxygens (including phenoxy) is 1. The molecule has 3 nitrogen and oxygen atoms in total. The van der Waals surface area contributed by atoms with Gasteiger partial charge in [0.2, 0.25) is 0 Å². The maximum Gasteiger partial charge on any atom is 0.142 e. The highest BCUT2D eigenvalue weighted by atomic mass is 16.5. The minimum atomic E-state index is 0.687. The molecule has 3 N–H and O–H groups in total. The van der Waals surface area contributed by atoms with Gasteiger partial charge in [0, 0.05) is 6.54 Å². The molecule has 0 unspecified atom stereocenters. The highest BCUT2D eigenvalue weighted by molar-refractivity contribution is 5.58. The van der Waals surface area contributed by atoms with Crippen molar-refractivity contribution in [3.8, 4) is 5.75 Å². The first-order chi connectivity index (χ1) is 6.40. The highest BCUT2D eigenvalue weighted by Crippen LogP contribution is 2.27. The second kappa shape index (κ2) is 3.66. The Bertz CT molecular complexity index is 299. The number of hydrogen-bond acceptors (Lipinski definition) is 3. The zero-order chi connectivity index (χ0) is 9.10. The zero-order valence-corrected chi connectivity index (χ0v) is 7.55. The number of rotatable bonds is 2. The van der Waals surface area contributed by atoms with Crippen LogP contribution in [0.1, 0.15) is 5.56 Å². The standard InChI is InChI=1S/C10H14N2O/c11-4-3-8-1-2-9-10(7-8)13-6-5-12-9/h1-2,7,12H,3-6,11H2. The fourth-order valence-corrected chi connectivity index (χ4v) is 1.50. The Labute approximate surface area is 77.9 Å². The molecular weight excluding hydrogens is 164 g/mol. The molecule has 3 heteroatoms. The lowest BCUT2D eigenvalue weighted by molar-refractivity contribution is 0.323. The summed E-state index contributed by atoms with van der Waals surface area (Å²) in [6, 6.07) is 6.21. The molecule has 0 saturated heterocycles. The van der Waals surface area contributed by atoms with Gasteiger partial charge in [0.15, 0.2) is 0 Å². The SMILES string of the molecule is NCCc1ccc2c(c1)OCCN2. The molecule has 1 aliphatic rings. The van der Waals surface area contributed by atoms with E-state index in [0.717, 1.165) is 31.0 Å². The third-order valence-electron chi connectivity index (χ3n) is 2.15. The van der Waals surface area contributed by atoms with Crippen LogP contribution in [0.15, 0.2) is 18.2 Å². The van der Waals surface area contributed by atoms with Crippen LogP contribution in [-0.4, -0.2) is 19.7 Å². The van der Waals surface area contributed by atoms with Crippen LogP contribution in [-0.2, 0) is 6.42 Å². The molecule has 1 heterocycles. The predicted molar refractivity (Wildman–Crippen MR) is 53.2 cm³/mol. The molecule has 0 amide bonds. The average molecular weight is 178 g/mol. The summed E-state index contributed by atoms with van der Waals surface area (Å²) in [5.41, 5.74) is 7.81. The van der Waals surface area contributed by atoms with Crippen LogP contribution in [0.2, 0.25) is 0 Å². The maximum absolute atomic E-state index is 5.51. The number of nitrogens with two attached hydrogens (primary N) is 1. The van der Waals surface area contributed by atoms with Gasteiger partial charge in [-0.2, -0.15) is 0 Å². The smallest absolute Gasteiger partial charge is 0.142 e. The van der Waals surface area contributed by atoms with E-state index in [2.05, 4.69) is 23.5 Å². The van der Waals surface area contributed by atoms with Crippen LogP contribution >= 0.6 is 0 Å². The van der Waals surface area contributed by atoms with E-state index >= 15 is 0 Å². The van der Waals surface area contributed by atoms with Gasteiger partial charge in [0.1, 0.15) is 12.4 Å². The number of hydrogen-bond donors (Lipinski definition) is 2. The summed E-state index contributed by atoms with van der Waals surface area (Å²) < 4.78 is 5.51. The predicted octanol–water partition coefficient (Wildman–Crippen LogP) is 0.992. The van der Waals surface area contributed by atoms with Gasteiger partial charge in [-0.05, 0) is 30.7 Å². The summed E-state index contributed by atoms with van der Waals surface area (Å²) in [5, 5.41) is 3.28. The lowest BCUT2D eigenvalue weighted by Crippen LogP contribution is -2.18. The van der Waals surface area contributed by atoms with Gasteiger partial charge in [0.05, 0.1) is 5.69 Å². The van der Waals surface area contributed by atoms with E-state index in [1.54, 1.807) is 0 Å². The summed E-state index contributed by atoms with van der Waals surface area (Å²) >= 11 is 0. The first kappa shape index (κ1) is 8.38. The molecule has 0 atom stereocenters. The van der Waals surface area contributed by atoms with Crippen molar-refractivity contribution in [3.63, 3.8) is 0 Å². The van der Waals surface area contributed by atoms with Crippen molar-refractivity contribution in [2.24, 2.45) is 5.73 Å². The lowest BCUT2D eigenvalue weighted by Gasteiger charge is -2.19. The summed E-state index contributed by atoms with van der Waals surface area (Å²) in [6.45, 7) is 2.33. The van der Waals surface area contributed by atoms with E-state index in [0.29, 0.717) is 6.54 Å². The monoisotopic (exact) mass is 178 g/mol. The van der Waals surface area contributed by atoms with Gasteiger partial charge in [-0.1, -0.05) is 6.07 Å². The Kier molecular flexibility index (Phi) is 2.36. The topological polar surface area (TPSA) is 47.3 Å². The normalized spacial score (nSPS) is 14.2. The highest BCUT2D eigenvalue weighted by Gasteiger charge is 2.08. The van der Waals surface area contributed by atoms with Crippen molar-refractivity contribution in [1.29, 1.82) is 0 Å². The largest absolute Gasteiger partial charge is 0.490 e. The van der Waals surface area contributed by atoms with Gasteiger partial charge >= 0.3 is 0 Å². The van der Waals surface area contributed by atoms with Crippen LogP contribution in [0.4, 0.5) is 5.69 Å². The Hall–Kier alpha value is -1.22. The van der Waals surface area contributed by atoms with Crippen LogP contribution in [0.3, 0.4) is 0 Å². The maximum atomic E-state index is 5.51. The molecule has 0 fully saturated rings. The fraction of sp³-hybridized carbons (Fsp3) is 0.400. The quantitative estimate of drug-likeness (QED) is 0.710. The summed E-state index contributed by atoms with van der Waals surface area (Å²) in [7, 11) is 0. The number of benzene rings is 1. The Morgan fingerprint density at radius 2 is 2.38 bits per heavy atom. The van der Waals surface area contributed by atoms with E-state index in [-0.39, 0.29) is 0 Å². The molecule has 0 spiro atoms. The second-order valence-electron chi connectivity index (χ2n) is 3.14. The van der Waals surface area contributed by atoms with E-state index in [4.69, 9.17) is 10.5 Å². The first-order valence-corrected chi connectivity index (χ1v) is 4.60. The van der Waals surface area contributed by atoms with Gasteiger partial charge in [-0.3, -0.25) is 0 Å². The molecule has 2 rings (SSSR count). The van der Waals surface area contributed by atoms with Crippen molar-refractivity contribution in [2.45, 2.75) is 6.42 Å². The summed E-state index contributed by atoms with van der Waals surface area (Å²) in [4.78, 5) is 0. The van der Waals surface area contributed by atoms with E-state index < -0.39 is 0 Å². The van der Waals surface area contributed by atoms with Crippen molar-refractivity contribution >= 4 is 5.69 Å². The van der Waals surface area contributed by atoms with Gasteiger partial charge < -0.3 is 15.8 Å². The molecule has 70 valence electrons. The lowest BCUT2D eigenvalue weighted by atomic mass is 10.1. The van der Waals surface area contributed by atoms with Crippen molar-refractivity contribution in [1.82, 2.24) is 0 Å². The minimum absolute atomic E-state index is 0.687. The molecule has 0 bridgehead atoms. The second-order valence-corrected chi connectivity index (χ2v) is 3.14. The molecule has 1 aliphatic heterocycles. The van der Waals surface area contributed by atoms with Crippen molar-refractivity contribution < 1.29 is 4.74 Å². The van der Waals surface area contributed by atoms with Crippen molar-refractivity contribution in [2.75, 3.05) is 25.0 Å².